The number of aromatic hydroxyl groups is 1. The molecule has 5 rings (SSSR count). The Bertz CT molecular complexity index is 1300. The zero-order chi connectivity index (χ0) is 23.5. The fourth-order valence-electron chi connectivity index (χ4n) is 4.71. The van der Waals surface area contributed by atoms with Crippen molar-refractivity contribution in [2.45, 2.75) is 45.1 Å². The van der Waals surface area contributed by atoms with Gasteiger partial charge in [0.2, 0.25) is 0 Å². The Kier molecular flexibility index (Phi) is 6.21. The zero-order valence-corrected chi connectivity index (χ0v) is 19.2. The van der Waals surface area contributed by atoms with Crippen molar-refractivity contribution in [3.63, 3.8) is 0 Å². The van der Waals surface area contributed by atoms with Crippen LogP contribution in [0.5, 0.6) is 17.2 Å². The predicted octanol–water partition coefficient (Wildman–Crippen LogP) is 6.88. The topological polar surface area (TPSA) is 73.6 Å². The van der Waals surface area contributed by atoms with E-state index in [-0.39, 0.29) is 11.7 Å². The van der Waals surface area contributed by atoms with Crippen LogP contribution < -0.4 is 4.74 Å². The van der Waals surface area contributed by atoms with E-state index >= 15 is 0 Å². The molecule has 0 unspecified atom stereocenters. The number of fused-ring (bicyclic) bond motifs is 1. The zero-order valence-electron chi connectivity index (χ0n) is 19.2. The van der Waals surface area contributed by atoms with Crippen LogP contribution in [0, 0.1) is 0 Å². The summed E-state index contributed by atoms with van der Waals surface area (Å²) in [5.41, 5.74) is 3.34. The molecule has 0 aliphatic heterocycles. The van der Waals surface area contributed by atoms with Gasteiger partial charge in [0.25, 0.3) is 0 Å². The molecule has 174 valence electrons. The number of nitrogens with zero attached hydrogens (tertiary/aromatic N) is 2. The number of hydrogen-bond donors (Lipinski definition) is 1. The number of carbonyl (C=O) groups is 1. The van der Waals surface area contributed by atoms with Crippen LogP contribution in [0.1, 0.15) is 55.4 Å². The van der Waals surface area contributed by atoms with Crippen molar-refractivity contribution < 1.29 is 19.4 Å². The van der Waals surface area contributed by atoms with Crippen molar-refractivity contribution in [2.24, 2.45) is 0 Å². The van der Waals surface area contributed by atoms with E-state index in [1.54, 1.807) is 31.2 Å². The molecule has 0 atom stereocenters. The van der Waals surface area contributed by atoms with Crippen LogP contribution in [-0.2, 0) is 4.74 Å². The van der Waals surface area contributed by atoms with Crippen LogP contribution >= 0.6 is 0 Å². The first-order valence-corrected chi connectivity index (χ1v) is 11.9. The fraction of sp³-hybridized carbons (Fsp3) is 0.286. The average Bonchev–Trinajstić information content (AvgIpc) is 3.24. The minimum absolute atomic E-state index is 0.164. The summed E-state index contributed by atoms with van der Waals surface area (Å²) in [5.74, 6) is 1.99. The van der Waals surface area contributed by atoms with Gasteiger partial charge in [0.05, 0.1) is 23.2 Å². The molecule has 0 bridgehead atoms. The summed E-state index contributed by atoms with van der Waals surface area (Å²) in [7, 11) is 0. The van der Waals surface area contributed by atoms with Gasteiger partial charge in [0.15, 0.2) is 0 Å². The van der Waals surface area contributed by atoms with E-state index in [4.69, 9.17) is 14.5 Å². The molecule has 1 N–H and O–H groups in total. The number of aromatic nitrogens is 2. The molecular formula is C28H28N2O4. The number of esters is 1. The third-order valence-electron chi connectivity index (χ3n) is 6.31. The minimum Gasteiger partial charge on any atom is -0.508 e. The van der Waals surface area contributed by atoms with E-state index in [9.17, 15) is 9.90 Å². The Labute approximate surface area is 198 Å². The summed E-state index contributed by atoms with van der Waals surface area (Å²) in [6.45, 7) is 2.15. The van der Waals surface area contributed by atoms with Gasteiger partial charge in [-0.1, -0.05) is 25.3 Å². The minimum atomic E-state index is -0.327. The van der Waals surface area contributed by atoms with E-state index in [0.717, 1.165) is 35.3 Å². The monoisotopic (exact) mass is 456 g/mol. The third-order valence-corrected chi connectivity index (χ3v) is 6.31. The van der Waals surface area contributed by atoms with Gasteiger partial charge < -0.3 is 19.1 Å². The Balaban J connectivity index is 1.52. The van der Waals surface area contributed by atoms with Gasteiger partial charge in [-0.05, 0) is 74.4 Å². The van der Waals surface area contributed by atoms with Crippen molar-refractivity contribution in [2.75, 3.05) is 6.61 Å². The number of phenolic OH excluding ortho intramolecular Hbond substituents is 1. The van der Waals surface area contributed by atoms with E-state index in [1.165, 1.54) is 19.3 Å². The number of ether oxygens (including phenoxy) is 2. The number of carbonyl (C=O) groups excluding carboxylic acids is 1. The van der Waals surface area contributed by atoms with Gasteiger partial charge in [-0.3, -0.25) is 0 Å². The lowest BCUT2D eigenvalue weighted by atomic mass is 9.95. The molecule has 0 spiro atoms. The van der Waals surface area contributed by atoms with Crippen LogP contribution in [0.25, 0.3) is 22.4 Å². The number of phenols is 1. The molecule has 0 radical (unpaired) electrons. The maximum atomic E-state index is 12.3. The maximum absolute atomic E-state index is 12.3. The highest BCUT2D eigenvalue weighted by molar-refractivity contribution is 5.94. The van der Waals surface area contributed by atoms with Crippen molar-refractivity contribution in [3.8, 4) is 28.6 Å². The molecule has 4 aromatic rings. The summed E-state index contributed by atoms with van der Waals surface area (Å²) < 4.78 is 13.4. The van der Waals surface area contributed by atoms with Gasteiger partial charge in [-0.15, -0.1) is 0 Å². The SMILES string of the molecule is CCOC(=O)c1ccc2c(c1)nc(-c1ccc(Oc3cccc(O)c3)cc1)n2C1CCCCC1. The summed E-state index contributed by atoms with van der Waals surface area (Å²) in [4.78, 5) is 17.2. The smallest absolute Gasteiger partial charge is 0.338 e. The molecule has 1 aromatic heterocycles. The number of benzene rings is 3. The molecule has 1 heterocycles. The van der Waals surface area contributed by atoms with E-state index < -0.39 is 0 Å². The van der Waals surface area contributed by atoms with Crippen molar-refractivity contribution in [3.05, 3.63) is 72.3 Å². The first-order valence-electron chi connectivity index (χ1n) is 11.9. The standard InChI is InChI=1S/C28H28N2O4/c1-2-33-28(32)20-13-16-26-25(17-20)29-27(30(26)21-7-4-3-5-8-21)19-11-14-23(15-12-19)34-24-10-6-9-22(31)18-24/h6,9-18,21,31H,2-5,7-8H2,1H3. The first-order chi connectivity index (χ1) is 16.6. The largest absolute Gasteiger partial charge is 0.508 e. The molecule has 1 aliphatic carbocycles. The molecule has 6 nitrogen and oxygen atoms in total. The third kappa shape index (κ3) is 4.49. The van der Waals surface area contributed by atoms with Crippen molar-refractivity contribution >= 4 is 17.0 Å². The van der Waals surface area contributed by atoms with Gasteiger partial charge in [0, 0.05) is 17.7 Å². The Morgan fingerprint density at radius 1 is 1.00 bits per heavy atom. The molecule has 1 aliphatic rings. The fourth-order valence-corrected chi connectivity index (χ4v) is 4.71. The molecule has 3 aromatic carbocycles. The van der Waals surface area contributed by atoms with Gasteiger partial charge in [-0.25, -0.2) is 9.78 Å². The van der Waals surface area contributed by atoms with Gasteiger partial charge >= 0.3 is 5.97 Å². The Morgan fingerprint density at radius 3 is 2.53 bits per heavy atom. The molecule has 0 amide bonds. The Hall–Kier alpha value is -3.80. The lowest BCUT2D eigenvalue weighted by molar-refractivity contribution is 0.0526. The van der Waals surface area contributed by atoms with Crippen LogP contribution in [0.4, 0.5) is 0 Å². The molecule has 1 saturated carbocycles. The predicted molar refractivity (Wildman–Crippen MR) is 131 cm³/mol. The quantitative estimate of drug-likeness (QED) is 0.320. The number of rotatable bonds is 6. The molecule has 34 heavy (non-hydrogen) atoms. The second-order valence-electron chi connectivity index (χ2n) is 8.65. The van der Waals surface area contributed by atoms with E-state index in [0.29, 0.717) is 29.7 Å². The first kappa shape index (κ1) is 22.0. The summed E-state index contributed by atoms with van der Waals surface area (Å²) >= 11 is 0. The van der Waals surface area contributed by atoms with Gasteiger partial charge in [0.1, 0.15) is 23.1 Å². The van der Waals surface area contributed by atoms with Crippen LogP contribution in [0.2, 0.25) is 0 Å². The highest BCUT2D eigenvalue weighted by Gasteiger charge is 2.23. The highest BCUT2D eigenvalue weighted by atomic mass is 16.5. The van der Waals surface area contributed by atoms with Gasteiger partial charge in [-0.2, -0.15) is 0 Å². The number of hydrogen-bond acceptors (Lipinski definition) is 5. The second kappa shape index (κ2) is 9.59. The number of imidazole rings is 1. The molecule has 0 saturated heterocycles. The normalized spacial score (nSPS) is 14.3. The Morgan fingerprint density at radius 2 is 1.79 bits per heavy atom. The van der Waals surface area contributed by atoms with Crippen molar-refractivity contribution in [1.29, 1.82) is 0 Å². The van der Waals surface area contributed by atoms with Crippen LogP contribution in [-0.4, -0.2) is 27.2 Å². The van der Waals surface area contributed by atoms with E-state index in [1.807, 2.05) is 42.5 Å². The summed E-state index contributed by atoms with van der Waals surface area (Å²) in [6, 6.07) is 20.6. The lowest BCUT2D eigenvalue weighted by Gasteiger charge is -2.25. The second-order valence-corrected chi connectivity index (χ2v) is 8.65. The maximum Gasteiger partial charge on any atom is 0.338 e. The van der Waals surface area contributed by atoms with Crippen molar-refractivity contribution in [1.82, 2.24) is 9.55 Å². The average molecular weight is 457 g/mol. The highest BCUT2D eigenvalue weighted by Crippen LogP contribution is 2.37. The van der Waals surface area contributed by atoms with Crippen LogP contribution in [0.15, 0.2) is 66.7 Å². The lowest BCUT2D eigenvalue weighted by Crippen LogP contribution is -2.14. The summed E-state index contributed by atoms with van der Waals surface area (Å²) in [6.07, 6.45) is 5.93. The molecular weight excluding hydrogens is 428 g/mol. The summed E-state index contributed by atoms with van der Waals surface area (Å²) in [5, 5.41) is 9.67. The molecule has 6 heteroatoms. The molecule has 1 fully saturated rings. The van der Waals surface area contributed by atoms with E-state index in [2.05, 4.69) is 4.57 Å². The van der Waals surface area contributed by atoms with Crippen LogP contribution in [0.3, 0.4) is 0 Å².